The van der Waals surface area contributed by atoms with Crippen LogP contribution in [0.2, 0.25) is 0 Å². The number of nitrogens with zero attached hydrogens (tertiary/aromatic N) is 1. The second-order valence-corrected chi connectivity index (χ2v) is 6.46. The molecule has 3 rings (SSSR count). The van der Waals surface area contributed by atoms with Crippen LogP contribution in [0.4, 0.5) is 18.9 Å². The summed E-state index contributed by atoms with van der Waals surface area (Å²) in [7, 11) is 0. The minimum Gasteiger partial charge on any atom is -0.475 e. The lowest BCUT2D eigenvalue weighted by molar-refractivity contribution is -0.192. The minimum absolute atomic E-state index is 0.0709. The number of H-pyrrole nitrogens is 2. The van der Waals surface area contributed by atoms with Gasteiger partial charge in [-0.1, -0.05) is 6.92 Å². The summed E-state index contributed by atoms with van der Waals surface area (Å²) in [5.41, 5.74) is 8.80. The molecule has 31 heavy (non-hydrogen) atoms. The molecule has 0 aliphatic carbocycles. The van der Waals surface area contributed by atoms with Crippen LogP contribution in [0.1, 0.15) is 18.3 Å². The molecule has 1 atom stereocenters. The number of carbonyl (C=O) groups excluding carboxylic acids is 1. The molecule has 166 valence electrons. The molecule has 0 fully saturated rings. The average molecular weight is 439 g/mol. The Kier molecular flexibility index (Phi) is 7.53. The standard InChI is InChI=1S/C17H19N5O2.C2HF3O2/c1-2-10-9-16(23)13-7-11(3-4-15(13)20-10)21-17(24)14(18)8-12-5-6-19-22-12;3-2(4,5)1(6)7/h3-7,9,14H,2,8,18H2,1H3,(H,19,22)(H,20,23)(H,21,24);(H,6,7). The molecule has 6 N–H and O–H groups in total. The number of pyridine rings is 1. The summed E-state index contributed by atoms with van der Waals surface area (Å²) in [4.78, 5) is 36.5. The minimum atomic E-state index is -5.08. The molecule has 0 radical (unpaired) electrons. The van der Waals surface area contributed by atoms with Gasteiger partial charge in [0.1, 0.15) is 0 Å². The number of fused-ring (bicyclic) bond motifs is 1. The smallest absolute Gasteiger partial charge is 0.475 e. The predicted molar refractivity (Wildman–Crippen MR) is 107 cm³/mol. The number of aromatic nitrogens is 3. The number of halogens is 3. The summed E-state index contributed by atoms with van der Waals surface area (Å²) in [5.74, 6) is -3.07. The average Bonchev–Trinajstić information content (AvgIpc) is 3.21. The van der Waals surface area contributed by atoms with E-state index in [-0.39, 0.29) is 11.3 Å². The fraction of sp³-hybridized carbons (Fsp3) is 0.263. The van der Waals surface area contributed by atoms with Crippen LogP contribution in [-0.2, 0) is 22.4 Å². The number of hydrogen-bond donors (Lipinski definition) is 5. The van der Waals surface area contributed by atoms with E-state index >= 15 is 0 Å². The second-order valence-electron chi connectivity index (χ2n) is 6.46. The highest BCUT2D eigenvalue weighted by molar-refractivity contribution is 5.96. The molecule has 1 amide bonds. The maximum atomic E-state index is 12.2. The number of rotatable bonds is 5. The first-order chi connectivity index (χ1) is 14.5. The predicted octanol–water partition coefficient (Wildman–Crippen LogP) is 1.96. The van der Waals surface area contributed by atoms with Crippen LogP contribution in [0, 0.1) is 0 Å². The highest BCUT2D eigenvalue weighted by Gasteiger charge is 2.38. The van der Waals surface area contributed by atoms with Crippen molar-refractivity contribution in [1.29, 1.82) is 0 Å². The highest BCUT2D eigenvalue weighted by Crippen LogP contribution is 2.16. The molecule has 0 saturated carbocycles. The van der Waals surface area contributed by atoms with Gasteiger partial charge >= 0.3 is 12.1 Å². The zero-order chi connectivity index (χ0) is 23.2. The first-order valence-electron chi connectivity index (χ1n) is 9.02. The number of carbonyl (C=O) groups is 2. The summed E-state index contributed by atoms with van der Waals surface area (Å²) in [6.45, 7) is 1.98. The zero-order valence-electron chi connectivity index (χ0n) is 16.3. The van der Waals surface area contributed by atoms with Gasteiger partial charge in [0.15, 0.2) is 5.43 Å². The molecule has 0 spiro atoms. The topological polar surface area (TPSA) is 154 Å². The molecule has 0 saturated heterocycles. The van der Waals surface area contributed by atoms with Gasteiger partial charge in [0.2, 0.25) is 5.91 Å². The fourth-order valence-electron chi connectivity index (χ4n) is 2.53. The Morgan fingerprint density at radius 2 is 1.90 bits per heavy atom. The van der Waals surface area contributed by atoms with E-state index in [0.29, 0.717) is 17.5 Å². The Labute approximate surface area is 173 Å². The lowest BCUT2D eigenvalue weighted by Crippen LogP contribution is -2.37. The summed E-state index contributed by atoms with van der Waals surface area (Å²) in [6, 6.07) is 7.84. The van der Waals surface area contributed by atoms with Crippen LogP contribution in [0.25, 0.3) is 10.9 Å². The summed E-state index contributed by atoms with van der Waals surface area (Å²) in [5, 5.41) is 17.0. The number of nitrogens with two attached hydrogens (primary N) is 1. The van der Waals surface area contributed by atoms with Crippen molar-refractivity contribution in [3.8, 4) is 0 Å². The van der Waals surface area contributed by atoms with E-state index in [1.165, 1.54) is 0 Å². The number of alkyl halides is 3. The fourth-order valence-corrected chi connectivity index (χ4v) is 2.53. The molecule has 12 heteroatoms. The van der Waals surface area contributed by atoms with E-state index in [4.69, 9.17) is 15.6 Å². The number of aryl methyl sites for hydroxylation is 1. The number of carboxylic acids is 1. The van der Waals surface area contributed by atoms with Crippen LogP contribution in [0.5, 0.6) is 0 Å². The number of nitrogens with one attached hydrogen (secondary N) is 3. The Balaban J connectivity index is 0.000000423. The van der Waals surface area contributed by atoms with Crippen LogP contribution >= 0.6 is 0 Å². The third-order valence-electron chi connectivity index (χ3n) is 4.11. The van der Waals surface area contributed by atoms with Crippen molar-refractivity contribution in [3.05, 3.63) is 58.1 Å². The summed E-state index contributed by atoms with van der Waals surface area (Å²) in [6.07, 6.45) is -2.36. The quantitative estimate of drug-likeness (QED) is 0.409. The monoisotopic (exact) mass is 439 g/mol. The normalized spacial score (nSPS) is 12.0. The van der Waals surface area contributed by atoms with Gasteiger partial charge in [-0.25, -0.2) is 4.79 Å². The van der Waals surface area contributed by atoms with Gasteiger partial charge in [0, 0.05) is 46.7 Å². The van der Waals surface area contributed by atoms with Crippen LogP contribution < -0.4 is 16.5 Å². The largest absolute Gasteiger partial charge is 0.490 e. The van der Waals surface area contributed by atoms with Gasteiger partial charge < -0.3 is 21.1 Å². The first-order valence-corrected chi connectivity index (χ1v) is 9.02. The van der Waals surface area contributed by atoms with Gasteiger partial charge in [0.05, 0.1) is 6.04 Å². The molecule has 0 aliphatic rings. The van der Waals surface area contributed by atoms with Gasteiger partial charge in [-0.3, -0.25) is 14.7 Å². The van der Waals surface area contributed by atoms with Gasteiger partial charge in [0.25, 0.3) is 0 Å². The van der Waals surface area contributed by atoms with Crippen LogP contribution in [-0.4, -0.2) is 44.4 Å². The molecule has 1 aromatic carbocycles. The molecule has 9 nitrogen and oxygen atoms in total. The van der Waals surface area contributed by atoms with E-state index in [1.54, 1.807) is 36.5 Å². The van der Waals surface area contributed by atoms with E-state index in [9.17, 15) is 22.8 Å². The lowest BCUT2D eigenvalue weighted by Gasteiger charge is -2.12. The first kappa shape index (κ1) is 23.6. The van der Waals surface area contributed by atoms with Crippen LogP contribution in [0.15, 0.2) is 41.3 Å². The second kappa shape index (κ2) is 9.89. The van der Waals surface area contributed by atoms with Crippen molar-refractivity contribution < 1.29 is 27.9 Å². The third kappa shape index (κ3) is 6.67. The van der Waals surface area contributed by atoms with E-state index in [2.05, 4.69) is 20.5 Å². The zero-order valence-corrected chi connectivity index (χ0v) is 16.3. The molecule has 2 aromatic heterocycles. The maximum absolute atomic E-state index is 12.2. The van der Waals surface area contributed by atoms with Crippen molar-refractivity contribution in [2.75, 3.05) is 5.32 Å². The molecule has 2 heterocycles. The molecule has 0 bridgehead atoms. The van der Waals surface area contributed by atoms with Crippen molar-refractivity contribution in [1.82, 2.24) is 15.2 Å². The molecule has 3 aromatic rings. The van der Waals surface area contributed by atoms with E-state index < -0.39 is 18.2 Å². The Morgan fingerprint density at radius 1 is 1.23 bits per heavy atom. The van der Waals surface area contributed by atoms with Crippen molar-refractivity contribution in [2.45, 2.75) is 32.0 Å². The Morgan fingerprint density at radius 3 is 2.45 bits per heavy atom. The van der Waals surface area contributed by atoms with Crippen LogP contribution in [0.3, 0.4) is 0 Å². The van der Waals surface area contributed by atoms with Gasteiger partial charge in [-0.2, -0.15) is 18.3 Å². The maximum Gasteiger partial charge on any atom is 0.490 e. The third-order valence-corrected chi connectivity index (χ3v) is 4.11. The molecular formula is C19H20F3N5O4. The number of hydrogen-bond acceptors (Lipinski definition) is 5. The number of amides is 1. The Hall–Kier alpha value is -3.67. The summed E-state index contributed by atoms with van der Waals surface area (Å²) < 4.78 is 31.7. The number of aromatic amines is 2. The number of aliphatic carboxylic acids is 1. The van der Waals surface area contributed by atoms with Crippen molar-refractivity contribution >= 4 is 28.5 Å². The van der Waals surface area contributed by atoms with E-state index in [0.717, 1.165) is 23.3 Å². The number of benzene rings is 1. The van der Waals surface area contributed by atoms with Crippen molar-refractivity contribution in [2.24, 2.45) is 5.73 Å². The number of carboxylic acid groups (broad SMARTS) is 1. The molecule has 1 unspecified atom stereocenters. The molecule has 0 aliphatic heterocycles. The van der Waals surface area contributed by atoms with E-state index in [1.807, 2.05) is 6.92 Å². The van der Waals surface area contributed by atoms with Gasteiger partial charge in [-0.15, -0.1) is 0 Å². The SMILES string of the molecule is CCc1cc(=O)c2cc(NC(=O)C(N)Cc3ccn[nH]3)ccc2[nH]1.O=C(O)C(F)(F)F. The highest BCUT2D eigenvalue weighted by atomic mass is 19.4. The number of anilines is 1. The van der Waals surface area contributed by atoms with Gasteiger partial charge in [-0.05, 0) is 30.7 Å². The Bertz CT molecular complexity index is 1110. The van der Waals surface area contributed by atoms with Crippen molar-refractivity contribution in [3.63, 3.8) is 0 Å². The molecular weight excluding hydrogens is 419 g/mol. The lowest BCUT2D eigenvalue weighted by atomic mass is 10.1. The summed E-state index contributed by atoms with van der Waals surface area (Å²) >= 11 is 0.